The van der Waals surface area contributed by atoms with Gasteiger partial charge in [0.25, 0.3) is 11.6 Å². The van der Waals surface area contributed by atoms with Crippen molar-refractivity contribution in [3.05, 3.63) is 45.4 Å². The predicted octanol–water partition coefficient (Wildman–Crippen LogP) is 3.72. The van der Waals surface area contributed by atoms with Crippen molar-refractivity contribution >= 4 is 23.3 Å². The maximum absolute atomic E-state index is 13.9. The van der Waals surface area contributed by atoms with Gasteiger partial charge in [0.2, 0.25) is 5.82 Å². The van der Waals surface area contributed by atoms with Crippen LogP contribution in [-0.2, 0) is 16.1 Å². The van der Waals surface area contributed by atoms with Crippen LogP contribution in [-0.4, -0.2) is 26.3 Å². The lowest BCUT2D eigenvalue weighted by molar-refractivity contribution is -0.384. The van der Waals surface area contributed by atoms with E-state index in [-0.39, 0.29) is 23.0 Å². The van der Waals surface area contributed by atoms with Crippen LogP contribution in [0, 0.1) is 15.9 Å². The van der Waals surface area contributed by atoms with Gasteiger partial charge in [0.05, 0.1) is 11.1 Å². The van der Waals surface area contributed by atoms with Gasteiger partial charge < -0.3 is 9.47 Å². The second-order valence-electron chi connectivity index (χ2n) is 6.04. The Labute approximate surface area is 147 Å². The molecule has 0 spiro atoms. The van der Waals surface area contributed by atoms with Gasteiger partial charge in [-0.3, -0.25) is 19.6 Å². The molecule has 2 aromatic rings. The minimum absolute atomic E-state index is 0.0667. The van der Waals surface area contributed by atoms with E-state index in [2.05, 4.69) is 5.10 Å². The molecule has 1 aromatic heterocycles. The molecule has 0 N–H and O–H groups in total. The summed E-state index contributed by atoms with van der Waals surface area (Å²) in [6, 6.07) is 3.57. The van der Waals surface area contributed by atoms with Gasteiger partial charge in [0.15, 0.2) is 0 Å². The lowest BCUT2D eigenvalue weighted by atomic mass is 10.2. The third-order valence-electron chi connectivity index (χ3n) is 2.73. The number of esters is 1. The van der Waals surface area contributed by atoms with E-state index in [0.29, 0.717) is 0 Å². The molecule has 10 heteroatoms. The van der Waals surface area contributed by atoms with Crippen LogP contribution >= 0.6 is 11.6 Å². The molecule has 0 aliphatic carbocycles. The number of carbonyl (C=O) groups is 1. The number of benzene rings is 1. The summed E-state index contributed by atoms with van der Waals surface area (Å²) < 4.78 is 25.3. The highest BCUT2D eigenvalue weighted by atomic mass is 35.5. The molecule has 1 heterocycles. The van der Waals surface area contributed by atoms with Gasteiger partial charge in [0, 0.05) is 12.1 Å². The van der Waals surface area contributed by atoms with Crippen LogP contribution in [0.5, 0.6) is 11.6 Å². The van der Waals surface area contributed by atoms with Crippen LogP contribution in [0.25, 0.3) is 0 Å². The fourth-order valence-corrected chi connectivity index (χ4v) is 2.09. The van der Waals surface area contributed by atoms with E-state index < -0.39 is 28.2 Å². The number of aromatic nitrogens is 2. The number of rotatable bonds is 5. The molecule has 8 nitrogen and oxygen atoms in total. The average molecular weight is 372 g/mol. The van der Waals surface area contributed by atoms with E-state index in [9.17, 15) is 19.3 Å². The number of nitro groups is 1. The highest BCUT2D eigenvalue weighted by Gasteiger charge is 2.19. The van der Waals surface area contributed by atoms with Crippen LogP contribution in [0.2, 0.25) is 5.02 Å². The fourth-order valence-electron chi connectivity index (χ4n) is 1.85. The standard InChI is InChI=1S/C15H15ClFN3O5/c1-15(2,3)25-13(21)8-19-7-11(17)14(18-19)24-9-4-5-12(20(22)23)10(16)6-9/h4-7H,8H2,1-3H3. The molecule has 0 atom stereocenters. The molecule has 0 fully saturated rings. The van der Waals surface area contributed by atoms with Crippen molar-refractivity contribution < 1.29 is 23.6 Å². The minimum Gasteiger partial charge on any atom is -0.459 e. The van der Waals surface area contributed by atoms with E-state index in [4.69, 9.17) is 21.1 Å². The highest BCUT2D eigenvalue weighted by molar-refractivity contribution is 6.32. The molecule has 0 radical (unpaired) electrons. The van der Waals surface area contributed by atoms with Crippen molar-refractivity contribution in [3.8, 4) is 11.6 Å². The second-order valence-corrected chi connectivity index (χ2v) is 6.45. The highest BCUT2D eigenvalue weighted by Crippen LogP contribution is 2.31. The van der Waals surface area contributed by atoms with Crippen LogP contribution in [0.3, 0.4) is 0 Å². The number of nitro benzene ring substituents is 1. The zero-order chi connectivity index (χ0) is 18.8. The molecular weight excluding hydrogens is 357 g/mol. The molecule has 2 rings (SSSR count). The van der Waals surface area contributed by atoms with Gasteiger partial charge in [-0.15, -0.1) is 5.10 Å². The van der Waals surface area contributed by atoms with Crippen molar-refractivity contribution in [3.63, 3.8) is 0 Å². The third-order valence-corrected chi connectivity index (χ3v) is 3.03. The fraction of sp³-hybridized carbons (Fsp3) is 0.333. The summed E-state index contributed by atoms with van der Waals surface area (Å²) in [5.74, 6) is -1.72. The third kappa shape index (κ3) is 5.15. The SMILES string of the molecule is CC(C)(C)OC(=O)Cn1cc(F)c(Oc2ccc([N+](=O)[O-])c(Cl)c2)n1. The topological polar surface area (TPSA) is 96.5 Å². The van der Waals surface area contributed by atoms with Crippen LogP contribution < -0.4 is 4.74 Å². The lowest BCUT2D eigenvalue weighted by Gasteiger charge is -2.19. The first-order chi connectivity index (χ1) is 11.5. The number of ether oxygens (including phenoxy) is 2. The molecule has 0 saturated carbocycles. The van der Waals surface area contributed by atoms with Crippen molar-refractivity contribution in [1.82, 2.24) is 9.78 Å². The molecule has 0 saturated heterocycles. The summed E-state index contributed by atoms with van der Waals surface area (Å²) in [4.78, 5) is 21.8. The monoisotopic (exact) mass is 371 g/mol. The molecule has 0 bridgehead atoms. The van der Waals surface area contributed by atoms with E-state index in [1.807, 2.05) is 0 Å². The first-order valence-electron chi connectivity index (χ1n) is 7.12. The van der Waals surface area contributed by atoms with E-state index in [0.717, 1.165) is 16.9 Å². The van der Waals surface area contributed by atoms with Crippen LogP contribution in [0.4, 0.5) is 10.1 Å². The van der Waals surface area contributed by atoms with Gasteiger partial charge in [-0.25, -0.2) is 0 Å². The molecular formula is C15H15ClFN3O5. The van der Waals surface area contributed by atoms with Crippen molar-refractivity contribution in [2.24, 2.45) is 0 Å². The summed E-state index contributed by atoms with van der Waals surface area (Å²) in [7, 11) is 0. The Bertz CT molecular complexity index is 816. The summed E-state index contributed by atoms with van der Waals surface area (Å²) in [6.45, 7) is 4.84. The Morgan fingerprint density at radius 2 is 2.12 bits per heavy atom. The van der Waals surface area contributed by atoms with Gasteiger partial charge in [-0.05, 0) is 26.8 Å². The Balaban J connectivity index is 2.11. The molecule has 134 valence electrons. The smallest absolute Gasteiger partial charge is 0.328 e. The lowest BCUT2D eigenvalue weighted by Crippen LogP contribution is -2.26. The van der Waals surface area contributed by atoms with Gasteiger partial charge in [0.1, 0.15) is 22.9 Å². The Hall–Kier alpha value is -2.68. The van der Waals surface area contributed by atoms with E-state index >= 15 is 0 Å². The normalized spacial score (nSPS) is 11.2. The first-order valence-corrected chi connectivity index (χ1v) is 7.49. The van der Waals surface area contributed by atoms with Gasteiger partial charge >= 0.3 is 5.97 Å². The predicted molar refractivity (Wildman–Crippen MR) is 86.2 cm³/mol. The summed E-state index contributed by atoms with van der Waals surface area (Å²) in [5, 5.41) is 14.4. The molecule has 0 aliphatic rings. The number of hydrogen-bond acceptors (Lipinski definition) is 6. The van der Waals surface area contributed by atoms with Gasteiger partial charge in [-0.2, -0.15) is 4.39 Å². The maximum atomic E-state index is 13.9. The molecule has 0 unspecified atom stereocenters. The van der Waals surface area contributed by atoms with Crippen molar-refractivity contribution in [2.45, 2.75) is 32.9 Å². The summed E-state index contributed by atoms with van der Waals surface area (Å²) in [5.41, 5.74) is -0.970. The molecule has 1 aromatic carbocycles. The Kier molecular flexibility index (Phi) is 5.27. The van der Waals surface area contributed by atoms with E-state index in [1.165, 1.54) is 12.1 Å². The van der Waals surface area contributed by atoms with Crippen molar-refractivity contribution in [1.29, 1.82) is 0 Å². The minimum atomic E-state index is -0.807. The molecule has 25 heavy (non-hydrogen) atoms. The zero-order valence-corrected chi connectivity index (χ0v) is 14.4. The number of hydrogen-bond donors (Lipinski definition) is 0. The largest absolute Gasteiger partial charge is 0.459 e. The Morgan fingerprint density at radius 1 is 1.44 bits per heavy atom. The number of halogens is 2. The van der Waals surface area contributed by atoms with Gasteiger partial charge in [-0.1, -0.05) is 11.6 Å². The molecule has 0 amide bonds. The quantitative estimate of drug-likeness (QED) is 0.451. The van der Waals surface area contributed by atoms with Crippen molar-refractivity contribution in [2.75, 3.05) is 0 Å². The maximum Gasteiger partial charge on any atom is 0.328 e. The summed E-state index contributed by atoms with van der Waals surface area (Å²) >= 11 is 5.76. The number of nitrogens with zero attached hydrogens (tertiary/aromatic N) is 3. The van der Waals surface area contributed by atoms with Crippen LogP contribution in [0.1, 0.15) is 20.8 Å². The Morgan fingerprint density at radius 3 is 2.68 bits per heavy atom. The second kappa shape index (κ2) is 7.06. The average Bonchev–Trinajstić information content (AvgIpc) is 2.75. The summed E-state index contributed by atoms with van der Waals surface area (Å²) in [6.07, 6.45) is 0.978. The van der Waals surface area contributed by atoms with E-state index in [1.54, 1.807) is 20.8 Å². The zero-order valence-electron chi connectivity index (χ0n) is 13.7. The van der Waals surface area contributed by atoms with Crippen LogP contribution in [0.15, 0.2) is 24.4 Å². The number of carbonyl (C=O) groups excluding carboxylic acids is 1. The molecule has 0 aliphatic heterocycles. The first kappa shape index (κ1) is 18.7.